The van der Waals surface area contributed by atoms with Gasteiger partial charge in [0.1, 0.15) is 6.29 Å². The third-order valence-corrected chi connectivity index (χ3v) is 4.20. The van der Waals surface area contributed by atoms with Crippen LogP contribution >= 0.6 is 0 Å². The van der Waals surface area contributed by atoms with Gasteiger partial charge in [0.25, 0.3) is 0 Å². The Morgan fingerprint density at radius 2 is 2.11 bits per heavy atom. The summed E-state index contributed by atoms with van der Waals surface area (Å²) in [7, 11) is 0. The second kappa shape index (κ2) is 5.11. The number of aliphatic hydroxyl groups is 1. The van der Waals surface area contributed by atoms with E-state index in [0.29, 0.717) is 18.0 Å². The van der Waals surface area contributed by atoms with E-state index in [1.54, 1.807) is 0 Å². The average molecular weight is 247 g/mol. The monoisotopic (exact) mass is 247 g/mol. The van der Waals surface area contributed by atoms with E-state index in [1.807, 2.05) is 24.3 Å². The summed E-state index contributed by atoms with van der Waals surface area (Å²) >= 11 is 0. The van der Waals surface area contributed by atoms with Gasteiger partial charge in [-0.1, -0.05) is 20.3 Å². The number of aldehydes is 1. The van der Waals surface area contributed by atoms with Gasteiger partial charge in [-0.3, -0.25) is 4.79 Å². The summed E-state index contributed by atoms with van der Waals surface area (Å²) in [5.41, 5.74) is 1.20. The molecule has 98 valence electrons. The molecule has 1 aliphatic heterocycles. The summed E-state index contributed by atoms with van der Waals surface area (Å²) < 4.78 is 0. The van der Waals surface area contributed by atoms with Crippen molar-refractivity contribution in [2.24, 2.45) is 5.92 Å². The molecule has 0 bridgehead atoms. The maximum Gasteiger partial charge on any atom is 0.150 e. The van der Waals surface area contributed by atoms with Crippen molar-refractivity contribution in [1.82, 2.24) is 0 Å². The molecule has 0 aromatic heterocycles. The van der Waals surface area contributed by atoms with Crippen LogP contribution in [-0.2, 0) is 0 Å². The quantitative estimate of drug-likeness (QED) is 0.831. The lowest BCUT2D eigenvalue weighted by atomic mass is 9.86. The van der Waals surface area contributed by atoms with Crippen LogP contribution in [0.25, 0.3) is 0 Å². The van der Waals surface area contributed by atoms with Crippen molar-refractivity contribution in [2.75, 3.05) is 18.0 Å². The second-order valence-corrected chi connectivity index (χ2v) is 5.29. The maximum absolute atomic E-state index is 10.6. The average Bonchev–Trinajstić information content (AvgIpc) is 2.82. The molecule has 1 N–H and O–H groups in total. The van der Waals surface area contributed by atoms with E-state index in [9.17, 15) is 9.90 Å². The van der Waals surface area contributed by atoms with Gasteiger partial charge < -0.3 is 10.0 Å². The van der Waals surface area contributed by atoms with Gasteiger partial charge in [0, 0.05) is 24.3 Å². The van der Waals surface area contributed by atoms with Crippen LogP contribution < -0.4 is 4.90 Å². The van der Waals surface area contributed by atoms with Crippen molar-refractivity contribution >= 4 is 12.0 Å². The molecule has 3 heteroatoms. The minimum atomic E-state index is -0.571. The summed E-state index contributed by atoms with van der Waals surface area (Å²) in [5.74, 6) is 0.316. The molecule has 1 aromatic rings. The van der Waals surface area contributed by atoms with E-state index in [2.05, 4.69) is 18.7 Å². The largest absolute Gasteiger partial charge is 0.388 e. The zero-order valence-corrected chi connectivity index (χ0v) is 11.1. The second-order valence-electron chi connectivity index (χ2n) is 5.29. The number of hydrogen-bond donors (Lipinski definition) is 1. The van der Waals surface area contributed by atoms with E-state index in [4.69, 9.17) is 0 Å². The summed E-state index contributed by atoms with van der Waals surface area (Å²) in [6, 6.07) is 7.55. The van der Waals surface area contributed by atoms with Crippen molar-refractivity contribution in [3.63, 3.8) is 0 Å². The minimum Gasteiger partial charge on any atom is -0.388 e. The molecule has 0 spiro atoms. The smallest absolute Gasteiger partial charge is 0.150 e. The summed E-state index contributed by atoms with van der Waals surface area (Å²) in [5, 5.41) is 10.6. The van der Waals surface area contributed by atoms with Crippen LogP contribution in [-0.4, -0.2) is 30.1 Å². The minimum absolute atomic E-state index is 0.316. The molecule has 0 radical (unpaired) electrons. The molecule has 2 unspecified atom stereocenters. The molecule has 0 aliphatic carbocycles. The molecule has 2 atom stereocenters. The van der Waals surface area contributed by atoms with E-state index in [0.717, 1.165) is 31.4 Å². The van der Waals surface area contributed by atoms with Gasteiger partial charge in [-0.05, 0) is 36.6 Å². The first kappa shape index (κ1) is 13.1. The van der Waals surface area contributed by atoms with Crippen molar-refractivity contribution in [1.29, 1.82) is 0 Å². The maximum atomic E-state index is 10.6. The van der Waals surface area contributed by atoms with Gasteiger partial charge in [0.15, 0.2) is 0 Å². The molecule has 18 heavy (non-hydrogen) atoms. The molecule has 1 aliphatic rings. The first-order chi connectivity index (χ1) is 8.59. The highest BCUT2D eigenvalue weighted by Gasteiger charge is 2.39. The lowest BCUT2D eigenvalue weighted by molar-refractivity contribution is 0.00791. The van der Waals surface area contributed by atoms with E-state index < -0.39 is 5.60 Å². The number of rotatable bonds is 4. The number of nitrogens with zero attached hydrogens (tertiary/aromatic N) is 1. The predicted octanol–water partition coefficient (Wildman–Crippen LogP) is 2.49. The molecule has 2 rings (SSSR count). The van der Waals surface area contributed by atoms with Gasteiger partial charge >= 0.3 is 0 Å². The Morgan fingerprint density at radius 3 is 2.67 bits per heavy atom. The standard InChI is InChI=1S/C15H21NO2/c1-3-12(2)15(18)8-9-16(11-15)14-6-4-13(10-17)5-7-14/h4-7,10,12,18H,3,8-9,11H2,1-2H3. The molecule has 1 aromatic carbocycles. The van der Waals surface area contributed by atoms with Crippen LogP contribution in [0.1, 0.15) is 37.0 Å². The number of carbonyl (C=O) groups is 1. The van der Waals surface area contributed by atoms with Gasteiger partial charge in [-0.15, -0.1) is 0 Å². The van der Waals surface area contributed by atoms with Crippen molar-refractivity contribution in [3.8, 4) is 0 Å². The molecular formula is C15H21NO2. The Morgan fingerprint density at radius 1 is 1.44 bits per heavy atom. The molecule has 0 saturated carbocycles. The molecule has 1 fully saturated rings. The van der Waals surface area contributed by atoms with E-state index >= 15 is 0 Å². The summed E-state index contributed by atoms with van der Waals surface area (Å²) in [4.78, 5) is 12.8. The van der Waals surface area contributed by atoms with E-state index in [-0.39, 0.29) is 0 Å². The fourth-order valence-corrected chi connectivity index (χ4v) is 2.58. The fourth-order valence-electron chi connectivity index (χ4n) is 2.58. The number of carbonyl (C=O) groups excluding carboxylic acids is 1. The Labute approximate surface area is 108 Å². The third kappa shape index (κ3) is 2.41. The van der Waals surface area contributed by atoms with Crippen LogP contribution in [0.5, 0.6) is 0 Å². The fraction of sp³-hybridized carbons (Fsp3) is 0.533. The SMILES string of the molecule is CCC(C)C1(O)CCN(c2ccc(C=O)cc2)C1. The van der Waals surface area contributed by atoms with Crippen LogP contribution in [0.15, 0.2) is 24.3 Å². The van der Waals surface area contributed by atoms with Crippen LogP contribution in [0.4, 0.5) is 5.69 Å². The Balaban J connectivity index is 2.10. The number of anilines is 1. The third-order valence-electron chi connectivity index (χ3n) is 4.20. The number of hydrogen-bond acceptors (Lipinski definition) is 3. The zero-order valence-electron chi connectivity index (χ0n) is 11.1. The molecule has 0 amide bonds. The highest BCUT2D eigenvalue weighted by atomic mass is 16.3. The zero-order chi connectivity index (χ0) is 13.2. The Bertz CT molecular complexity index is 415. The van der Waals surface area contributed by atoms with Crippen LogP contribution in [0, 0.1) is 5.92 Å². The van der Waals surface area contributed by atoms with Crippen LogP contribution in [0.2, 0.25) is 0 Å². The van der Waals surface area contributed by atoms with Gasteiger partial charge in [-0.25, -0.2) is 0 Å². The highest BCUT2D eigenvalue weighted by Crippen LogP contribution is 2.33. The highest BCUT2D eigenvalue weighted by molar-refractivity contribution is 5.75. The Kier molecular flexibility index (Phi) is 3.71. The first-order valence-corrected chi connectivity index (χ1v) is 6.61. The van der Waals surface area contributed by atoms with Crippen molar-refractivity contribution < 1.29 is 9.90 Å². The van der Waals surface area contributed by atoms with Gasteiger partial charge in [0.05, 0.1) is 5.60 Å². The van der Waals surface area contributed by atoms with Gasteiger partial charge in [0.2, 0.25) is 0 Å². The molecule has 1 saturated heterocycles. The molecule has 1 heterocycles. The lowest BCUT2D eigenvalue weighted by Gasteiger charge is -2.29. The lowest BCUT2D eigenvalue weighted by Crippen LogP contribution is -2.39. The Hall–Kier alpha value is -1.35. The van der Waals surface area contributed by atoms with E-state index in [1.165, 1.54) is 0 Å². The summed E-state index contributed by atoms with van der Waals surface area (Å²) in [6.45, 7) is 5.78. The number of β-amino-alcohol motifs (C(OH)–C–C–N with tert-alkyl or cyclic N) is 1. The first-order valence-electron chi connectivity index (χ1n) is 6.61. The normalized spacial score (nSPS) is 25.2. The van der Waals surface area contributed by atoms with Crippen molar-refractivity contribution in [3.05, 3.63) is 29.8 Å². The molecule has 3 nitrogen and oxygen atoms in total. The topological polar surface area (TPSA) is 40.5 Å². The summed E-state index contributed by atoms with van der Waals surface area (Å²) in [6.07, 6.45) is 2.66. The number of benzene rings is 1. The molecular weight excluding hydrogens is 226 g/mol. The van der Waals surface area contributed by atoms with Gasteiger partial charge in [-0.2, -0.15) is 0 Å². The van der Waals surface area contributed by atoms with Crippen molar-refractivity contribution in [2.45, 2.75) is 32.3 Å². The predicted molar refractivity (Wildman–Crippen MR) is 73.1 cm³/mol. The van der Waals surface area contributed by atoms with Crippen LogP contribution in [0.3, 0.4) is 0 Å².